The van der Waals surface area contributed by atoms with E-state index in [9.17, 15) is 0 Å². The summed E-state index contributed by atoms with van der Waals surface area (Å²) >= 11 is 1.89. The van der Waals surface area contributed by atoms with Crippen LogP contribution < -0.4 is 5.32 Å². The molecule has 3 heteroatoms. The first kappa shape index (κ1) is 10.4. The van der Waals surface area contributed by atoms with Gasteiger partial charge in [0.2, 0.25) is 0 Å². The fourth-order valence-corrected chi connectivity index (χ4v) is 1.81. The Balaban J connectivity index is 2.34. The maximum atomic E-state index is 5.78. The van der Waals surface area contributed by atoms with Crippen molar-refractivity contribution in [3.8, 4) is 0 Å². The van der Waals surface area contributed by atoms with Crippen LogP contribution in [0.2, 0.25) is 0 Å². The van der Waals surface area contributed by atoms with Gasteiger partial charge in [-0.25, -0.2) is 0 Å². The van der Waals surface area contributed by atoms with Crippen LogP contribution in [-0.4, -0.2) is 37.3 Å². The minimum absolute atomic E-state index is 0.405. The molecule has 12 heavy (non-hydrogen) atoms. The lowest BCUT2D eigenvalue weighted by Gasteiger charge is -2.18. The molecular formula is C9H19NOS. The zero-order chi connectivity index (χ0) is 8.97. The molecule has 1 aliphatic rings. The van der Waals surface area contributed by atoms with Gasteiger partial charge in [-0.15, -0.1) is 0 Å². The molecular weight excluding hydrogens is 170 g/mol. The lowest BCUT2D eigenvalue weighted by molar-refractivity contribution is 0.0373. The van der Waals surface area contributed by atoms with E-state index in [-0.39, 0.29) is 0 Å². The van der Waals surface area contributed by atoms with Crippen LogP contribution in [-0.2, 0) is 4.74 Å². The summed E-state index contributed by atoms with van der Waals surface area (Å²) < 4.78 is 5.78. The normalized spacial score (nSPS) is 32.0. The van der Waals surface area contributed by atoms with Gasteiger partial charge in [0.25, 0.3) is 0 Å². The van der Waals surface area contributed by atoms with Gasteiger partial charge in [-0.05, 0) is 12.2 Å². The smallest absolute Gasteiger partial charge is 0.0722 e. The first-order chi connectivity index (χ1) is 5.74. The summed E-state index contributed by atoms with van der Waals surface area (Å²) in [5, 5.41) is 4.07. The van der Waals surface area contributed by atoms with Gasteiger partial charge < -0.3 is 10.1 Å². The van der Waals surface area contributed by atoms with Gasteiger partial charge in [0.1, 0.15) is 0 Å². The van der Waals surface area contributed by atoms with Crippen molar-refractivity contribution in [1.29, 1.82) is 0 Å². The minimum Gasteiger partial charge on any atom is -0.375 e. The Bertz CT molecular complexity index is 130. The van der Waals surface area contributed by atoms with Crippen molar-refractivity contribution in [3.63, 3.8) is 0 Å². The summed E-state index contributed by atoms with van der Waals surface area (Å²) in [5.41, 5.74) is 0. The second kappa shape index (κ2) is 5.10. The van der Waals surface area contributed by atoms with E-state index in [1.165, 1.54) is 0 Å². The van der Waals surface area contributed by atoms with E-state index in [4.69, 9.17) is 4.74 Å². The van der Waals surface area contributed by atoms with Crippen molar-refractivity contribution in [2.24, 2.45) is 5.92 Å². The largest absolute Gasteiger partial charge is 0.375 e. The number of hydrogen-bond donors (Lipinski definition) is 1. The molecule has 0 radical (unpaired) electrons. The van der Waals surface area contributed by atoms with Crippen LogP contribution in [0.25, 0.3) is 0 Å². The lowest BCUT2D eigenvalue weighted by atomic mass is 10.1. The molecule has 1 heterocycles. The van der Waals surface area contributed by atoms with Crippen molar-refractivity contribution < 1.29 is 4.74 Å². The molecule has 0 aliphatic carbocycles. The van der Waals surface area contributed by atoms with Crippen molar-refractivity contribution in [2.75, 3.05) is 26.0 Å². The van der Waals surface area contributed by atoms with Crippen molar-refractivity contribution in [3.05, 3.63) is 0 Å². The zero-order valence-corrected chi connectivity index (χ0v) is 8.99. The van der Waals surface area contributed by atoms with Crippen molar-refractivity contribution in [2.45, 2.75) is 25.2 Å². The van der Waals surface area contributed by atoms with E-state index in [0.717, 1.165) is 19.7 Å². The Morgan fingerprint density at radius 3 is 2.75 bits per heavy atom. The third kappa shape index (κ3) is 2.96. The summed E-state index contributed by atoms with van der Waals surface area (Å²) in [6, 6.07) is 0. The van der Waals surface area contributed by atoms with Crippen LogP contribution in [0.5, 0.6) is 0 Å². The number of nitrogens with one attached hydrogen (secondary N) is 1. The van der Waals surface area contributed by atoms with Gasteiger partial charge in [0.15, 0.2) is 0 Å². The molecule has 1 aliphatic heterocycles. The standard InChI is InChI=1S/C9H19NOS/c1-7(2)9-5-10-4-8(12-3)6-11-9/h7-10H,4-6H2,1-3H3. The highest BCUT2D eigenvalue weighted by atomic mass is 32.2. The molecule has 0 amide bonds. The Morgan fingerprint density at radius 2 is 2.17 bits per heavy atom. The summed E-state index contributed by atoms with van der Waals surface area (Å²) in [5.74, 6) is 0.623. The van der Waals surface area contributed by atoms with E-state index in [0.29, 0.717) is 17.3 Å². The SMILES string of the molecule is CSC1CNCC(C(C)C)OC1. The molecule has 1 rings (SSSR count). The summed E-state index contributed by atoms with van der Waals surface area (Å²) in [4.78, 5) is 0. The average Bonchev–Trinajstić information content (AvgIpc) is 2.28. The van der Waals surface area contributed by atoms with Crippen LogP contribution in [0.3, 0.4) is 0 Å². The maximum Gasteiger partial charge on any atom is 0.0722 e. The molecule has 2 atom stereocenters. The Labute approximate surface area is 79.4 Å². The van der Waals surface area contributed by atoms with Crippen LogP contribution in [0.4, 0.5) is 0 Å². The number of ether oxygens (including phenoxy) is 1. The van der Waals surface area contributed by atoms with E-state index in [1.54, 1.807) is 0 Å². The number of rotatable bonds is 2. The van der Waals surface area contributed by atoms with Crippen LogP contribution in [0.15, 0.2) is 0 Å². The monoisotopic (exact) mass is 189 g/mol. The van der Waals surface area contributed by atoms with E-state index in [1.807, 2.05) is 11.8 Å². The molecule has 2 unspecified atom stereocenters. The topological polar surface area (TPSA) is 21.3 Å². The van der Waals surface area contributed by atoms with Crippen LogP contribution in [0.1, 0.15) is 13.8 Å². The molecule has 1 fully saturated rings. The van der Waals surface area contributed by atoms with Crippen molar-refractivity contribution in [1.82, 2.24) is 5.32 Å². The summed E-state index contributed by atoms with van der Waals surface area (Å²) in [6.07, 6.45) is 2.55. The highest BCUT2D eigenvalue weighted by Crippen LogP contribution is 2.13. The molecule has 0 aromatic rings. The van der Waals surface area contributed by atoms with Gasteiger partial charge in [-0.3, -0.25) is 0 Å². The Morgan fingerprint density at radius 1 is 1.42 bits per heavy atom. The van der Waals surface area contributed by atoms with Crippen LogP contribution in [0, 0.1) is 5.92 Å². The predicted molar refractivity (Wildman–Crippen MR) is 54.8 cm³/mol. The van der Waals surface area contributed by atoms with Crippen LogP contribution >= 0.6 is 11.8 Å². The fraction of sp³-hybridized carbons (Fsp3) is 1.00. The summed E-state index contributed by atoms with van der Waals surface area (Å²) in [6.45, 7) is 7.42. The van der Waals surface area contributed by atoms with E-state index >= 15 is 0 Å². The molecule has 0 spiro atoms. The highest BCUT2D eigenvalue weighted by molar-refractivity contribution is 7.99. The second-order valence-corrected chi connectivity index (χ2v) is 4.77. The predicted octanol–water partition coefficient (Wildman–Crippen LogP) is 1.36. The third-order valence-electron chi connectivity index (χ3n) is 2.29. The molecule has 1 saturated heterocycles. The van der Waals surface area contributed by atoms with E-state index in [2.05, 4.69) is 25.4 Å². The molecule has 1 N–H and O–H groups in total. The maximum absolute atomic E-state index is 5.78. The lowest BCUT2D eigenvalue weighted by Crippen LogP contribution is -2.30. The van der Waals surface area contributed by atoms with E-state index < -0.39 is 0 Å². The van der Waals surface area contributed by atoms with Gasteiger partial charge in [0, 0.05) is 18.3 Å². The second-order valence-electron chi connectivity index (χ2n) is 3.63. The molecule has 0 saturated carbocycles. The number of hydrogen-bond acceptors (Lipinski definition) is 3. The number of thioether (sulfide) groups is 1. The fourth-order valence-electron chi connectivity index (χ4n) is 1.31. The van der Waals surface area contributed by atoms with Gasteiger partial charge in [-0.2, -0.15) is 11.8 Å². The quantitative estimate of drug-likeness (QED) is 0.709. The Kier molecular flexibility index (Phi) is 4.40. The first-order valence-corrected chi connectivity index (χ1v) is 5.88. The highest BCUT2D eigenvalue weighted by Gasteiger charge is 2.20. The summed E-state index contributed by atoms with van der Waals surface area (Å²) in [7, 11) is 0. The minimum atomic E-state index is 0.405. The molecule has 72 valence electrons. The van der Waals surface area contributed by atoms with Crippen molar-refractivity contribution >= 4 is 11.8 Å². The Hall–Kier alpha value is 0.270. The van der Waals surface area contributed by atoms with Gasteiger partial charge in [0.05, 0.1) is 12.7 Å². The van der Waals surface area contributed by atoms with Gasteiger partial charge >= 0.3 is 0 Å². The van der Waals surface area contributed by atoms with Gasteiger partial charge in [-0.1, -0.05) is 13.8 Å². The molecule has 0 aromatic heterocycles. The average molecular weight is 189 g/mol. The third-order valence-corrected chi connectivity index (χ3v) is 3.26. The zero-order valence-electron chi connectivity index (χ0n) is 8.17. The molecule has 0 bridgehead atoms. The molecule has 0 aromatic carbocycles. The molecule has 2 nitrogen and oxygen atoms in total. The first-order valence-electron chi connectivity index (χ1n) is 4.59.